The number of nitriles is 2. The summed E-state index contributed by atoms with van der Waals surface area (Å²) in [6.45, 7) is 0. The lowest BCUT2D eigenvalue weighted by Crippen LogP contribution is -2.16. The van der Waals surface area contributed by atoms with Crippen LogP contribution in [0.1, 0.15) is 61.1 Å². The number of benzene rings is 3. The zero-order chi connectivity index (χ0) is 30.4. The smallest absolute Gasteiger partial charge is 0.123 e. The summed E-state index contributed by atoms with van der Waals surface area (Å²) >= 11 is 6.80. The van der Waals surface area contributed by atoms with Gasteiger partial charge < -0.3 is 10.6 Å². The SMILES string of the molecule is [2H][C@](Nc1cc(Cl)c2ncc(C#N)c(N[C@H](c3ccccc3)[C@H]3C[C@@H]3C#N)c2c1)(c1ccc(F)cc1)c1cn(C2CC2)nn1. The van der Waals surface area contributed by atoms with Crippen molar-refractivity contribution >= 4 is 33.9 Å². The van der Waals surface area contributed by atoms with Crippen molar-refractivity contribution in [2.75, 3.05) is 10.6 Å². The molecule has 3 aromatic carbocycles. The van der Waals surface area contributed by atoms with Crippen LogP contribution >= 0.6 is 11.6 Å². The molecule has 2 N–H and O–H groups in total. The van der Waals surface area contributed by atoms with E-state index in [9.17, 15) is 16.3 Å². The Bertz CT molecular complexity index is 1950. The molecule has 0 saturated heterocycles. The maximum absolute atomic E-state index is 13.9. The maximum atomic E-state index is 13.9. The first-order valence-corrected chi connectivity index (χ1v) is 14.5. The van der Waals surface area contributed by atoms with E-state index in [0.717, 1.165) is 24.8 Å². The van der Waals surface area contributed by atoms with E-state index in [1.165, 1.54) is 18.3 Å². The summed E-state index contributed by atoms with van der Waals surface area (Å²) in [5, 5.41) is 36.1. The Morgan fingerprint density at radius 1 is 1.05 bits per heavy atom. The highest BCUT2D eigenvalue weighted by molar-refractivity contribution is 6.35. The van der Waals surface area contributed by atoms with Crippen LogP contribution in [0, 0.1) is 40.3 Å². The molecule has 10 heteroatoms. The third-order valence-electron chi connectivity index (χ3n) is 8.03. The molecule has 5 aromatic rings. The van der Waals surface area contributed by atoms with Crippen LogP contribution in [0.3, 0.4) is 0 Å². The van der Waals surface area contributed by atoms with Crippen molar-refractivity contribution in [3.63, 3.8) is 0 Å². The number of pyridine rings is 1. The number of nitrogens with one attached hydrogen (secondary N) is 2. The molecule has 0 unspecified atom stereocenters. The highest BCUT2D eigenvalue weighted by atomic mass is 35.5. The Kier molecular flexibility index (Phi) is 6.58. The van der Waals surface area contributed by atoms with E-state index < -0.39 is 11.8 Å². The molecule has 0 amide bonds. The van der Waals surface area contributed by atoms with Gasteiger partial charge in [0.1, 0.15) is 17.6 Å². The number of nitrogens with zero attached hydrogens (tertiary/aromatic N) is 6. The molecule has 0 radical (unpaired) electrons. The average Bonchev–Trinajstić information content (AvgIpc) is 3.98. The van der Waals surface area contributed by atoms with Gasteiger partial charge in [0.2, 0.25) is 0 Å². The molecule has 2 heterocycles. The predicted molar refractivity (Wildman–Crippen MR) is 162 cm³/mol. The largest absolute Gasteiger partial charge is 0.376 e. The van der Waals surface area contributed by atoms with Gasteiger partial charge in [-0.05, 0) is 54.7 Å². The van der Waals surface area contributed by atoms with Gasteiger partial charge in [0, 0.05) is 23.2 Å². The van der Waals surface area contributed by atoms with Crippen LogP contribution in [0.15, 0.2) is 79.1 Å². The van der Waals surface area contributed by atoms with E-state index in [-0.39, 0.29) is 23.9 Å². The molecule has 2 saturated carbocycles. The van der Waals surface area contributed by atoms with Gasteiger partial charge >= 0.3 is 0 Å². The first-order chi connectivity index (χ1) is 21.4. The fourth-order valence-electron chi connectivity index (χ4n) is 5.51. The summed E-state index contributed by atoms with van der Waals surface area (Å²) in [5.74, 6) is -0.433. The van der Waals surface area contributed by atoms with Crippen LogP contribution in [0.5, 0.6) is 0 Å². The second-order valence-electron chi connectivity index (χ2n) is 11.0. The van der Waals surface area contributed by atoms with Gasteiger partial charge in [-0.3, -0.25) is 4.98 Å². The van der Waals surface area contributed by atoms with E-state index >= 15 is 0 Å². The molecule has 0 spiro atoms. The van der Waals surface area contributed by atoms with Gasteiger partial charge in [0.05, 0.1) is 59.4 Å². The van der Waals surface area contributed by atoms with E-state index in [4.69, 9.17) is 11.6 Å². The van der Waals surface area contributed by atoms with Gasteiger partial charge in [0.15, 0.2) is 0 Å². The fraction of sp³-hybridized carbons (Fsp3) is 0.242. The highest BCUT2D eigenvalue weighted by Crippen LogP contribution is 2.49. The second kappa shape index (κ2) is 11.0. The van der Waals surface area contributed by atoms with Crippen molar-refractivity contribution in [2.45, 2.75) is 37.4 Å². The molecule has 0 bridgehead atoms. The normalized spacial score (nSPS) is 19.9. The molecule has 2 aliphatic carbocycles. The summed E-state index contributed by atoms with van der Waals surface area (Å²) in [6, 6.07) is 22.0. The number of rotatable bonds is 9. The summed E-state index contributed by atoms with van der Waals surface area (Å²) in [6.07, 6.45) is 5.99. The quantitative estimate of drug-likeness (QED) is 0.185. The minimum atomic E-state index is -1.65. The molecule has 212 valence electrons. The van der Waals surface area contributed by atoms with Gasteiger partial charge in [-0.2, -0.15) is 10.5 Å². The first kappa shape index (κ1) is 25.7. The minimum absolute atomic E-state index is 0.0717. The van der Waals surface area contributed by atoms with Crippen LogP contribution < -0.4 is 10.6 Å². The third-order valence-corrected chi connectivity index (χ3v) is 8.32. The molecule has 0 aliphatic heterocycles. The lowest BCUT2D eigenvalue weighted by Gasteiger charge is -2.23. The minimum Gasteiger partial charge on any atom is -0.376 e. The van der Waals surface area contributed by atoms with E-state index in [1.807, 2.05) is 30.3 Å². The van der Waals surface area contributed by atoms with Crippen LogP contribution in [0.2, 0.25) is 5.02 Å². The summed E-state index contributed by atoms with van der Waals surface area (Å²) in [7, 11) is 0. The third kappa shape index (κ3) is 5.36. The van der Waals surface area contributed by atoms with E-state index in [1.54, 1.807) is 35.1 Å². The molecule has 43 heavy (non-hydrogen) atoms. The van der Waals surface area contributed by atoms with Crippen molar-refractivity contribution in [2.24, 2.45) is 11.8 Å². The van der Waals surface area contributed by atoms with Crippen molar-refractivity contribution < 1.29 is 5.76 Å². The van der Waals surface area contributed by atoms with Crippen LogP contribution in [-0.4, -0.2) is 20.0 Å². The van der Waals surface area contributed by atoms with Crippen molar-refractivity contribution in [1.82, 2.24) is 20.0 Å². The Morgan fingerprint density at radius 3 is 2.53 bits per heavy atom. The Hall–Kier alpha value is -4.99. The number of anilines is 2. The van der Waals surface area contributed by atoms with Crippen LogP contribution in [-0.2, 0) is 0 Å². The Labute approximate surface area is 254 Å². The maximum Gasteiger partial charge on any atom is 0.123 e. The second-order valence-corrected chi connectivity index (χ2v) is 11.4. The topological polar surface area (TPSA) is 115 Å². The van der Waals surface area contributed by atoms with Crippen molar-refractivity contribution in [3.05, 3.63) is 112 Å². The fourth-order valence-corrected chi connectivity index (χ4v) is 5.78. The molecule has 2 aromatic heterocycles. The molecule has 2 fully saturated rings. The predicted octanol–water partition coefficient (Wildman–Crippen LogP) is 7.34. The van der Waals surface area contributed by atoms with Crippen molar-refractivity contribution in [3.8, 4) is 12.1 Å². The number of hydrogen-bond acceptors (Lipinski definition) is 7. The van der Waals surface area contributed by atoms with Gasteiger partial charge in [-0.15, -0.1) is 5.10 Å². The lowest BCUT2D eigenvalue weighted by molar-refractivity contribution is 0.610. The summed E-state index contributed by atoms with van der Waals surface area (Å²) in [4.78, 5) is 4.49. The number of fused-ring (bicyclic) bond motifs is 1. The number of halogens is 2. The molecule has 2 aliphatic rings. The monoisotopic (exact) mass is 589 g/mol. The standard InChI is InChI=1S/C33H26ClFN8/c34-28-14-24(39-32(20-6-8-23(35)9-7-20)29-18-43(42-41-29)25-10-11-25)13-27-31(22(16-37)17-38-33(27)28)40-30(26-12-21(26)15-36)19-4-2-1-3-5-19/h1-9,13-14,17-18,21,25-26,30,32,39H,10-12H2,(H,38,40)/t21-,26+,30-,32+/m1/s1/i32D. The summed E-state index contributed by atoms with van der Waals surface area (Å²) in [5.41, 5.74) is 3.62. The van der Waals surface area contributed by atoms with Crippen molar-refractivity contribution in [1.29, 1.82) is 10.5 Å². The number of aromatic nitrogens is 4. The summed E-state index contributed by atoms with van der Waals surface area (Å²) < 4.78 is 25.3. The Balaban J connectivity index is 1.33. The molecular formula is C33H26ClFN8. The van der Waals surface area contributed by atoms with Gasteiger partial charge in [0.25, 0.3) is 0 Å². The zero-order valence-corrected chi connectivity index (χ0v) is 23.6. The molecule has 4 atom stereocenters. The Morgan fingerprint density at radius 2 is 1.84 bits per heavy atom. The lowest BCUT2D eigenvalue weighted by atomic mass is 9.99. The van der Waals surface area contributed by atoms with E-state index in [2.05, 4.69) is 38.1 Å². The first-order valence-electron chi connectivity index (χ1n) is 14.6. The van der Waals surface area contributed by atoms with Gasteiger partial charge in [-0.1, -0.05) is 59.3 Å². The molecule has 7 rings (SSSR count). The molecular weight excluding hydrogens is 563 g/mol. The van der Waals surface area contributed by atoms with Gasteiger partial charge in [-0.25, -0.2) is 9.07 Å². The van der Waals surface area contributed by atoms with Crippen LogP contribution in [0.4, 0.5) is 15.8 Å². The highest BCUT2D eigenvalue weighted by Gasteiger charge is 2.44. The average molecular weight is 590 g/mol. The van der Waals surface area contributed by atoms with Crippen LogP contribution in [0.25, 0.3) is 10.9 Å². The molecule has 8 nitrogen and oxygen atoms in total. The van der Waals surface area contributed by atoms with E-state index in [0.29, 0.717) is 44.1 Å². The zero-order valence-electron chi connectivity index (χ0n) is 23.9. The number of hydrogen-bond donors (Lipinski definition) is 2.